The minimum absolute atomic E-state index is 0.0129. The van der Waals surface area contributed by atoms with E-state index in [2.05, 4.69) is 15.5 Å². The van der Waals surface area contributed by atoms with Crippen LogP contribution < -0.4 is 20.4 Å². The number of unbranched alkanes of at least 4 members (excludes halogenated alkanes) is 1. The highest BCUT2D eigenvalue weighted by molar-refractivity contribution is 6.40. The molecule has 0 bridgehead atoms. The Hall–Kier alpha value is -4.94. The summed E-state index contributed by atoms with van der Waals surface area (Å²) in [5.41, 5.74) is 0.267. The number of para-hydroxylation sites is 1. The normalized spacial score (nSPS) is 13.7. The fraction of sp³-hybridized carbons (Fsp3) is 0.471. The number of amides is 3. The number of anilines is 3. The first-order valence-corrected chi connectivity index (χ1v) is 15.7. The van der Waals surface area contributed by atoms with Crippen molar-refractivity contribution < 1.29 is 43.7 Å². The predicted molar refractivity (Wildman–Crippen MR) is 175 cm³/mol. The molecule has 3 amide bonds. The second-order valence-corrected chi connectivity index (χ2v) is 12.4. The van der Waals surface area contributed by atoms with Gasteiger partial charge in [0, 0.05) is 39.4 Å². The molecule has 1 fully saturated rings. The molecule has 1 heterocycles. The van der Waals surface area contributed by atoms with Gasteiger partial charge in [0.25, 0.3) is 0 Å². The van der Waals surface area contributed by atoms with Gasteiger partial charge in [0.1, 0.15) is 11.6 Å². The van der Waals surface area contributed by atoms with Gasteiger partial charge in [-0.25, -0.2) is 9.59 Å². The molecule has 1 aliphatic rings. The molecule has 0 spiro atoms. The lowest BCUT2D eigenvalue weighted by atomic mass is 10.0. The van der Waals surface area contributed by atoms with E-state index in [1.54, 1.807) is 45.0 Å². The fourth-order valence-corrected chi connectivity index (χ4v) is 5.31. The van der Waals surface area contributed by atoms with Crippen LogP contribution in [-0.2, 0) is 35.1 Å². The molecule has 3 rings (SSSR count). The lowest BCUT2D eigenvalue weighted by molar-refractivity contribution is -0.162. The van der Waals surface area contributed by atoms with Crippen LogP contribution in [0.4, 0.5) is 17.1 Å². The first-order chi connectivity index (χ1) is 22.2. The highest BCUT2D eigenvalue weighted by Gasteiger charge is 2.34. The van der Waals surface area contributed by atoms with E-state index in [0.717, 1.165) is 24.2 Å². The SMILES string of the molecule is CC(=O)NC(Cc1ccc(N(C(=O)C(=O)OC(C)(C)C)c2ccccc2C(=O)O)c(N2CCCCC2)c1)C(=O)NCCCCC(=O)O. The van der Waals surface area contributed by atoms with Crippen molar-refractivity contribution >= 4 is 52.7 Å². The number of carboxylic acids is 2. The third-order valence-electron chi connectivity index (χ3n) is 7.38. The maximum atomic E-state index is 13.9. The summed E-state index contributed by atoms with van der Waals surface area (Å²) in [6, 6.07) is 10.0. The summed E-state index contributed by atoms with van der Waals surface area (Å²) in [7, 11) is 0. The molecule has 0 saturated carbocycles. The van der Waals surface area contributed by atoms with Crippen molar-refractivity contribution in [2.24, 2.45) is 0 Å². The molecule has 1 unspecified atom stereocenters. The van der Waals surface area contributed by atoms with Gasteiger partial charge >= 0.3 is 23.8 Å². The van der Waals surface area contributed by atoms with E-state index in [9.17, 15) is 33.9 Å². The van der Waals surface area contributed by atoms with Crippen LogP contribution in [0.3, 0.4) is 0 Å². The summed E-state index contributed by atoms with van der Waals surface area (Å²) in [4.78, 5) is 78.4. The summed E-state index contributed by atoms with van der Waals surface area (Å²) in [5.74, 6) is -5.28. The zero-order chi connectivity index (χ0) is 34.7. The number of carbonyl (C=O) groups excluding carboxylic acids is 4. The van der Waals surface area contributed by atoms with E-state index in [0.29, 0.717) is 37.2 Å². The molecular formula is C34H44N4O9. The van der Waals surface area contributed by atoms with Crippen molar-refractivity contribution in [2.75, 3.05) is 29.4 Å². The molecule has 13 nitrogen and oxygen atoms in total. The van der Waals surface area contributed by atoms with Gasteiger partial charge in [-0.1, -0.05) is 18.2 Å². The molecule has 4 N–H and O–H groups in total. The summed E-state index contributed by atoms with van der Waals surface area (Å²) >= 11 is 0. The second kappa shape index (κ2) is 16.6. The molecule has 0 aromatic heterocycles. The average molecular weight is 653 g/mol. The molecular weight excluding hydrogens is 608 g/mol. The van der Waals surface area contributed by atoms with E-state index in [1.807, 2.05) is 0 Å². The molecule has 1 aliphatic heterocycles. The number of rotatable bonds is 13. The Morgan fingerprint density at radius 3 is 2.23 bits per heavy atom. The van der Waals surface area contributed by atoms with Gasteiger partial charge in [-0.05, 0) is 82.7 Å². The van der Waals surface area contributed by atoms with E-state index >= 15 is 0 Å². The number of carboxylic acid groups (broad SMARTS) is 2. The maximum absolute atomic E-state index is 13.9. The molecule has 254 valence electrons. The number of benzene rings is 2. The van der Waals surface area contributed by atoms with Crippen molar-refractivity contribution in [2.45, 2.75) is 84.3 Å². The first kappa shape index (κ1) is 36.5. The van der Waals surface area contributed by atoms with Gasteiger partial charge in [0.2, 0.25) is 11.8 Å². The van der Waals surface area contributed by atoms with Crippen LogP contribution in [0, 0.1) is 0 Å². The van der Waals surface area contributed by atoms with Gasteiger partial charge in [0.05, 0.1) is 22.6 Å². The van der Waals surface area contributed by atoms with Gasteiger partial charge < -0.3 is 30.5 Å². The standard InChI is InChI=1S/C34H44N4O9/c1-22(39)36-25(30(42)35-17-9-8-14-29(40)41)20-23-15-16-27(28(21-23)37-18-10-5-11-19-37)38(31(43)33(46)47-34(2,3)4)26-13-7-6-12-24(26)32(44)45/h6-7,12-13,15-16,21,25H,5,8-11,14,17-20H2,1-4H3,(H,35,42)(H,36,39)(H,40,41)(H,44,45). The number of nitrogens with one attached hydrogen (secondary N) is 2. The Kier molecular flexibility index (Phi) is 12.9. The van der Waals surface area contributed by atoms with E-state index in [4.69, 9.17) is 9.84 Å². The van der Waals surface area contributed by atoms with Crippen LogP contribution in [0.1, 0.15) is 82.1 Å². The third-order valence-corrected chi connectivity index (χ3v) is 7.38. The molecule has 0 aliphatic carbocycles. The molecule has 1 saturated heterocycles. The number of piperidine rings is 1. The van der Waals surface area contributed by atoms with Crippen LogP contribution in [0.5, 0.6) is 0 Å². The highest BCUT2D eigenvalue weighted by atomic mass is 16.6. The number of aromatic carboxylic acids is 1. The Morgan fingerprint density at radius 2 is 1.62 bits per heavy atom. The maximum Gasteiger partial charge on any atom is 0.398 e. The number of esters is 1. The number of aliphatic carboxylic acids is 1. The number of ether oxygens (including phenoxy) is 1. The molecule has 2 aromatic rings. The number of hydrogen-bond donors (Lipinski definition) is 4. The third kappa shape index (κ3) is 10.8. The molecule has 47 heavy (non-hydrogen) atoms. The minimum atomic E-state index is -1.29. The number of nitrogens with zero attached hydrogens (tertiary/aromatic N) is 2. The quantitative estimate of drug-likeness (QED) is 0.141. The second-order valence-electron chi connectivity index (χ2n) is 12.4. The number of hydrogen-bond acceptors (Lipinski definition) is 8. The van der Waals surface area contributed by atoms with Crippen molar-refractivity contribution in [3.05, 3.63) is 53.6 Å². The van der Waals surface area contributed by atoms with Gasteiger partial charge in [-0.3, -0.25) is 24.1 Å². The fourth-order valence-electron chi connectivity index (χ4n) is 5.31. The minimum Gasteiger partial charge on any atom is -0.481 e. The largest absolute Gasteiger partial charge is 0.481 e. The molecule has 13 heteroatoms. The van der Waals surface area contributed by atoms with Crippen molar-refractivity contribution in [3.8, 4) is 0 Å². The van der Waals surface area contributed by atoms with Crippen molar-refractivity contribution in [1.82, 2.24) is 10.6 Å². The van der Waals surface area contributed by atoms with E-state index in [1.165, 1.54) is 25.1 Å². The van der Waals surface area contributed by atoms with Gasteiger partial charge in [0.15, 0.2) is 0 Å². The summed E-state index contributed by atoms with van der Waals surface area (Å²) < 4.78 is 5.40. The van der Waals surface area contributed by atoms with Crippen LogP contribution in [0.2, 0.25) is 0 Å². The van der Waals surface area contributed by atoms with Gasteiger partial charge in [-0.2, -0.15) is 0 Å². The number of carbonyl (C=O) groups is 6. The lowest BCUT2D eigenvalue weighted by Crippen LogP contribution is -2.47. The molecule has 0 radical (unpaired) electrons. The van der Waals surface area contributed by atoms with Crippen LogP contribution in [0.25, 0.3) is 0 Å². The van der Waals surface area contributed by atoms with Gasteiger partial charge in [-0.15, -0.1) is 0 Å². The summed E-state index contributed by atoms with van der Waals surface area (Å²) in [5, 5.41) is 24.3. The van der Waals surface area contributed by atoms with Crippen LogP contribution in [0.15, 0.2) is 42.5 Å². The Balaban J connectivity index is 2.07. The highest BCUT2D eigenvalue weighted by Crippen LogP contribution is 2.39. The smallest absolute Gasteiger partial charge is 0.398 e. The first-order valence-electron chi connectivity index (χ1n) is 15.7. The van der Waals surface area contributed by atoms with Crippen LogP contribution in [-0.4, -0.2) is 77.1 Å². The van der Waals surface area contributed by atoms with E-state index < -0.39 is 47.3 Å². The topological polar surface area (TPSA) is 183 Å². The lowest BCUT2D eigenvalue weighted by Gasteiger charge is -2.34. The zero-order valence-electron chi connectivity index (χ0n) is 27.3. The average Bonchev–Trinajstić information content (AvgIpc) is 3.00. The Bertz CT molecular complexity index is 1480. The van der Waals surface area contributed by atoms with Crippen molar-refractivity contribution in [3.63, 3.8) is 0 Å². The van der Waals surface area contributed by atoms with Crippen LogP contribution >= 0.6 is 0 Å². The summed E-state index contributed by atoms with van der Waals surface area (Å²) in [6.07, 6.45) is 3.67. The molecule has 2 aromatic carbocycles. The van der Waals surface area contributed by atoms with Crippen molar-refractivity contribution in [1.29, 1.82) is 0 Å². The Morgan fingerprint density at radius 1 is 0.936 bits per heavy atom. The van der Waals surface area contributed by atoms with E-state index in [-0.39, 0.29) is 36.3 Å². The summed E-state index contributed by atoms with van der Waals surface area (Å²) in [6.45, 7) is 7.69. The zero-order valence-corrected chi connectivity index (χ0v) is 27.3. The molecule has 1 atom stereocenters. The predicted octanol–water partition coefficient (Wildman–Crippen LogP) is 3.80. The Labute approximate surface area is 274 Å². The monoisotopic (exact) mass is 652 g/mol.